The summed E-state index contributed by atoms with van der Waals surface area (Å²) in [5.41, 5.74) is 4.47. The number of hydrogen-bond acceptors (Lipinski definition) is 3. The zero-order chi connectivity index (χ0) is 14.0. The van der Waals surface area contributed by atoms with Gasteiger partial charge in [0.25, 0.3) is 0 Å². The molecule has 0 fully saturated rings. The van der Waals surface area contributed by atoms with Crippen LogP contribution in [0.3, 0.4) is 0 Å². The molecule has 1 N–H and O–H groups in total. The normalized spacial score (nSPS) is 11.3. The van der Waals surface area contributed by atoms with Gasteiger partial charge < -0.3 is 5.32 Å². The number of nitrogens with one attached hydrogen (secondary N) is 1. The van der Waals surface area contributed by atoms with Crippen molar-refractivity contribution in [3.63, 3.8) is 0 Å². The van der Waals surface area contributed by atoms with Crippen LogP contribution < -0.4 is 5.32 Å². The van der Waals surface area contributed by atoms with Crippen molar-refractivity contribution < 1.29 is 0 Å². The molecule has 4 heteroatoms. The Bertz CT molecular complexity index is 570. The summed E-state index contributed by atoms with van der Waals surface area (Å²) in [5.74, 6) is 0.943. The maximum Gasteiger partial charge on any atom is 0.138 e. The van der Waals surface area contributed by atoms with Gasteiger partial charge in [-0.05, 0) is 38.5 Å². The van der Waals surface area contributed by atoms with Gasteiger partial charge >= 0.3 is 0 Å². The van der Waals surface area contributed by atoms with Gasteiger partial charge in [0.2, 0.25) is 0 Å². The molecule has 0 aromatic carbocycles. The van der Waals surface area contributed by atoms with Crippen molar-refractivity contribution in [3.8, 4) is 5.82 Å². The lowest BCUT2D eigenvalue weighted by atomic mass is 10.2. The fourth-order valence-electron chi connectivity index (χ4n) is 2.00. The third kappa shape index (κ3) is 3.20. The SMILES string of the molecule is Cc1cc(CNC(C)C)cc(-n2cnc(C)c2C)n1. The van der Waals surface area contributed by atoms with Crippen molar-refractivity contribution in [1.29, 1.82) is 0 Å². The van der Waals surface area contributed by atoms with E-state index in [9.17, 15) is 0 Å². The van der Waals surface area contributed by atoms with Crippen molar-refractivity contribution in [2.24, 2.45) is 0 Å². The van der Waals surface area contributed by atoms with E-state index < -0.39 is 0 Å². The highest BCUT2D eigenvalue weighted by Gasteiger charge is 2.07. The second kappa shape index (κ2) is 5.53. The Morgan fingerprint density at radius 2 is 1.95 bits per heavy atom. The number of pyridine rings is 1. The van der Waals surface area contributed by atoms with E-state index in [1.807, 2.05) is 24.7 Å². The Morgan fingerprint density at radius 1 is 1.21 bits per heavy atom. The molecule has 0 spiro atoms. The molecule has 0 atom stereocenters. The maximum atomic E-state index is 4.60. The zero-order valence-electron chi connectivity index (χ0n) is 12.4. The number of hydrogen-bond donors (Lipinski definition) is 1. The van der Waals surface area contributed by atoms with Gasteiger partial charge in [0, 0.05) is 24.0 Å². The first-order valence-electron chi connectivity index (χ1n) is 6.69. The molecular weight excluding hydrogens is 236 g/mol. The summed E-state index contributed by atoms with van der Waals surface area (Å²) < 4.78 is 2.04. The van der Waals surface area contributed by atoms with Gasteiger partial charge in [0.15, 0.2) is 0 Å². The molecule has 0 unspecified atom stereocenters. The third-order valence-corrected chi connectivity index (χ3v) is 3.21. The van der Waals surface area contributed by atoms with Crippen LogP contribution in [0.25, 0.3) is 5.82 Å². The Kier molecular flexibility index (Phi) is 4.00. The molecule has 102 valence electrons. The summed E-state index contributed by atoms with van der Waals surface area (Å²) in [4.78, 5) is 8.93. The van der Waals surface area contributed by atoms with E-state index >= 15 is 0 Å². The van der Waals surface area contributed by atoms with Crippen molar-refractivity contribution in [2.75, 3.05) is 0 Å². The monoisotopic (exact) mass is 258 g/mol. The van der Waals surface area contributed by atoms with Gasteiger partial charge in [-0.15, -0.1) is 0 Å². The molecule has 0 radical (unpaired) electrons. The minimum atomic E-state index is 0.481. The molecule has 2 rings (SSSR count). The number of nitrogens with zero attached hydrogens (tertiary/aromatic N) is 3. The van der Waals surface area contributed by atoms with Crippen molar-refractivity contribution in [1.82, 2.24) is 19.9 Å². The van der Waals surface area contributed by atoms with E-state index in [-0.39, 0.29) is 0 Å². The molecule has 0 aliphatic rings. The second-order valence-electron chi connectivity index (χ2n) is 5.30. The quantitative estimate of drug-likeness (QED) is 0.917. The van der Waals surface area contributed by atoms with E-state index in [4.69, 9.17) is 0 Å². The van der Waals surface area contributed by atoms with Gasteiger partial charge in [0.05, 0.1) is 5.69 Å². The van der Waals surface area contributed by atoms with E-state index in [0.29, 0.717) is 6.04 Å². The van der Waals surface area contributed by atoms with Crippen LogP contribution in [0, 0.1) is 20.8 Å². The Morgan fingerprint density at radius 3 is 2.53 bits per heavy atom. The molecule has 0 bridgehead atoms. The first-order valence-corrected chi connectivity index (χ1v) is 6.69. The maximum absolute atomic E-state index is 4.60. The first kappa shape index (κ1) is 13.7. The van der Waals surface area contributed by atoms with E-state index in [1.165, 1.54) is 5.56 Å². The van der Waals surface area contributed by atoms with Gasteiger partial charge in [-0.25, -0.2) is 9.97 Å². The van der Waals surface area contributed by atoms with Crippen LogP contribution in [-0.2, 0) is 6.54 Å². The summed E-state index contributed by atoms with van der Waals surface area (Å²) in [7, 11) is 0. The minimum absolute atomic E-state index is 0.481. The number of rotatable bonds is 4. The van der Waals surface area contributed by atoms with Gasteiger partial charge in [-0.3, -0.25) is 4.57 Å². The predicted octanol–water partition coefficient (Wildman–Crippen LogP) is 2.69. The number of imidazole rings is 1. The van der Waals surface area contributed by atoms with Gasteiger partial charge in [0.1, 0.15) is 12.1 Å². The average molecular weight is 258 g/mol. The van der Waals surface area contributed by atoms with Crippen LogP contribution in [0.1, 0.15) is 36.5 Å². The molecule has 4 nitrogen and oxygen atoms in total. The van der Waals surface area contributed by atoms with E-state index in [0.717, 1.165) is 29.4 Å². The third-order valence-electron chi connectivity index (χ3n) is 3.21. The summed E-state index contributed by atoms with van der Waals surface area (Å²) in [6, 6.07) is 4.73. The fourth-order valence-corrected chi connectivity index (χ4v) is 2.00. The lowest BCUT2D eigenvalue weighted by Crippen LogP contribution is -2.22. The fraction of sp³-hybridized carbons (Fsp3) is 0.467. The van der Waals surface area contributed by atoms with Crippen molar-refractivity contribution in [2.45, 2.75) is 47.2 Å². The van der Waals surface area contributed by atoms with Crippen molar-refractivity contribution in [3.05, 3.63) is 41.1 Å². The lowest BCUT2D eigenvalue weighted by Gasteiger charge is -2.11. The molecule has 0 amide bonds. The van der Waals surface area contributed by atoms with Gasteiger partial charge in [-0.2, -0.15) is 0 Å². The standard InChI is InChI=1S/C15H22N4/c1-10(2)16-8-14-6-11(3)18-15(7-14)19-9-17-12(4)13(19)5/h6-7,9-10,16H,8H2,1-5H3. The highest BCUT2D eigenvalue weighted by Crippen LogP contribution is 2.14. The highest BCUT2D eigenvalue weighted by atomic mass is 15.1. The zero-order valence-corrected chi connectivity index (χ0v) is 12.4. The van der Waals surface area contributed by atoms with Crippen LogP contribution in [0.4, 0.5) is 0 Å². The lowest BCUT2D eigenvalue weighted by molar-refractivity contribution is 0.588. The van der Waals surface area contributed by atoms with Crippen molar-refractivity contribution >= 4 is 0 Å². The molecular formula is C15H22N4. The largest absolute Gasteiger partial charge is 0.310 e. The Balaban J connectivity index is 2.33. The molecule has 0 saturated heterocycles. The number of aryl methyl sites for hydroxylation is 2. The van der Waals surface area contributed by atoms with Gasteiger partial charge in [-0.1, -0.05) is 13.8 Å². The summed E-state index contributed by atoms with van der Waals surface area (Å²) in [6.45, 7) is 11.3. The second-order valence-corrected chi connectivity index (χ2v) is 5.30. The van der Waals surface area contributed by atoms with Crippen LogP contribution in [0.2, 0.25) is 0 Å². The Hall–Kier alpha value is -1.68. The molecule has 0 saturated carbocycles. The van der Waals surface area contributed by atoms with E-state index in [1.54, 1.807) is 0 Å². The Labute approximate surface area is 114 Å². The van der Waals surface area contributed by atoms with Crippen LogP contribution in [0.15, 0.2) is 18.5 Å². The molecule has 0 aliphatic carbocycles. The van der Waals surface area contributed by atoms with E-state index in [2.05, 4.69) is 48.2 Å². The summed E-state index contributed by atoms with van der Waals surface area (Å²) in [6.07, 6.45) is 1.84. The average Bonchev–Trinajstić information content (AvgIpc) is 2.67. The van der Waals surface area contributed by atoms with Crippen LogP contribution in [0.5, 0.6) is 0 Å². The summed E-state index contributed by atoms with van der Waals surface area (Å²) >= 11 is 0. The first-order chi connectivity index (χ1) is 8.97. The minimum Gasteiger partial charge on any atom is -0.310 e. The summed E-state index contributed by atoms with van der Waals surface area (Å²) in [5, 5.41) is 3.43. The topological polar surface area (TPSA) is 42.7 Å². The van der Waals surface area contributed by atoms with Crippen LogP contribution >= 0.6 is 0 Å². The smallest absolute Gasteiger partial charge is 0.138 e. The molecule has 19 heavy (non-hydrogen) atoms. The molecule has 0 aliphatic heterocycles. The van der Waals surface area contributed by atoms with Crippen LogP contribution in [-0.4, -0.2) is 20.6 Å². The molecule has 2 aromatic heterocycles. The number of aromatic nitrogens is 3. The molecule has 2 heterocycles. The predicted molar refractivity (Wildman–Crippen MR) is 77.5 cm³/mol. The molecule has 2 aromatic rings. The highest BCUT2D eigenvalue weighted by molar-refractivity contribution is 5.33.